The van der Waals surface area contributed by atoms with E-state index in [-0.39, 0.29) is 68.6 Å². The summed E-state index contributed by atoms with van der Waals surface area (Å²) in [5.41, 5.74) is -1.60. The van der Waals surface area contributed by atoms with Crippen LogP contribution in [0.25, 0.3) is 5.78 Å². The molecular weight excluding hydrogens is 575 g/mol. The number of hydrogen-bond acceptors (Lipinski definition) is 7. The minimum Gasteiger partial charge on any atom is -0.445 e. The summed E-state index contributed by atoms with van der Waals surface area (Å²) < 4.78 is 74.7. The molecule has 1 amide bonds. The van der Waals surface area contributed by atoms with Gasteiger partial charge in [-0.15, -0.1) is 12.4 Å². The maximum absolute atomic E-state index is 13.9. The number of benzene rings is 1. The predicted molar refractivity (Wildman–Crippen MR) is 138 cm³/mol. The number of fused-ring (bicyclic) bond motifs is 1. The molecule has 2 unspecified atom stereocenters. The highest BCUT2D eigenvalue weighted by Gasteiger charge is 2.55. The van der Waals surface area contributed by atoms with E-state index in [1.165, 1.54) is 16.9 Å². The molecule has 1 saturated heterocycles. The van der Waals surface area contributed by atoms with Crippen LogP contribution in [0.15, 0.2) is 42.7 Å². The van der Waals surface area contributed by atoms with Gasteiger partial charge in [-0.2, -0.15) is 18.3 Å². The molecule has 2 aliphatic rings. The van der Waals surface area contributed by atoms with Crippen LogP contribution in [0.1, 0.15) is 67.6 Å². The Balaban J connectivity index is 0.00000387. The Morgan fingerprint density at radius 2 is 1.88 bits per heavy atom. The first-order valence-corrected chi connectivity index (χ1v) is 13.0. The van der Waals surface area contributed by atoms with E-state index >= 15 is 0 Å². The molecule has 3 aromatic rings. The van der Waals surface area contributed by atoms with Crippen molar-refractivity contribution in [3.8, 4) is 0 Å². The summed E-state index contributed by atoms with van der Waals surface area (Å²) in [6.45, 7) is -0.0605. The average molecular weight is 605 g/mol. The van der Waals surface area contributed by atoms with Crippen molar-refractivity contribution in [1.29, 1.82) is 0 Å². The molecule has 3 heterocycles. The third kappa shape index (κ3) is 7.04. The Bertz CT molecular complexity index is 1330. The van der Waals surface area contributed by atoms with Crippen LogP contribution in [0.3, 0.4) is 0 Å². The van der Waals surface area contributed by atoms with Crippen molar-refractivity contribution in [2.75, 3.05) is 6.54 Å². The van der Waals surface area contributed by atoms with Gasteiger partial charge >= 0.3 is 12.3 Å². The average Bonchev–Trinajstić information content (AvgIpc) is 3.34. The van der Waals surface area contributed by atoms with Crippen LogP contribution in [-0.2, 0) is 11.3 Å². The molecule has 2 aromatic heterocycles. The molecule has 0 spiro atoms. The van der Waals surface area contributed by atoms with E-state index < -0.39 is 48.7 Å². The molecule has 5 rings (SSSR count). The number of carbonyl (C=O) groups is 1. The number of rotatable bonds is 6. The van der Waals surface area contributed by atoms with Gasteiger partial charge in [0.05, 0.1) is 35.9 Å². The summed E-state index contributed by atoms with van der Waals surface area (Å²) in [5.74, 6) is -3.09. The molecule has 1 aromatic carbocycles. The van der Waals surface area contributed by atoms with Crippen LogP contribution in [-0.4, -0.2) is 55.0 Å². The SMILES string of the molecule is Cl.O=C(N[C@H](c1cn2ncc(C3CC(O)(C(F)(F)F)CCN3)nc2n1)C1CCC(F)(F)CC1)OCc1ccccc1. The Morgan fingerprint density at radius 1 is 1.17 bits per heavy atom. The second-order valence-corrected chi connectivity index (χ2v) is 10.5. The monoisotopic (exact) mass is 604 g/mol. The number of alkyl halides is 5. The summed E-state index contributed by atoms with van der Waals surface area (Å²) in [5, 5.41) is 20.1. The lowest BCUT2D eigenvalue weighted by Gasteiger charge is -2.38. The fourth-order valence-corrected chi connectivity index (χ4v) is 5.28. The highest BCUT2D eigenvalue weighted by molar-refractivity contribution is 5.85. The number of halogens is 6. The molecule has 0 bridgehead atoms. The van der Waals surface area contributed by atoms with Crippen LogP contribution in [0.2, 0.25) is 0 Å². The molecule has 0 radical (unpaired) electrons. The van der Waals surface area contributed by atoms with Crippen molar-refractivity contribution in [2.24, 2.45) is 5.92 Å². The molecule has 1 aliphatic heterocycles. The third-order valence-electron chi connectivity index (χ3n) is 7.63. The number of hydrogen-bond donors (Lipinski definition) is 3. The molecule has 3 atom stereocenters. The second-order valence-electron chi connectivity index (χ2n) is 10.5. The fourth-order valence-electron chi connectivity index (χ4n) is 5.28. The minimum absolute atomic E-state index is 0. The summed E-state index contributed by atoms with van der Waals surface area (Å²) >= 11 is 0. The normalized spacial score (nSPS) is 23.9. The Labute approximate surface area is 238 Å². The maximum atomic E-state index is 13.9. The first kappa shape index (κ1) is 30.8. The Kier molecular flexibility index (Phi) is 9.04. The fraction of sp³-hybridized carbons (Fsp3) is 0.538. The molecule has 41 heavy (non-hydrogen) atoms. The zero-order chi connectivity index (χ0) is 28.5. The van der Waals surface area contributed by atoms with Gasteiger partial charge < -0.3 is 20.5 Å². The molecule has 3 N–H and O–H groups in total. The van der Waals surface area contributed by atoms with Crippen LogP contribution in [0.4, 0.5) is 26.7 Å². The summed E-state index contributed by atoms with van der Waals surface area (Å²) in [4.78, 5) is 21.5. The highest BCUT2D eigenvalue weighted by atomic mass is 35.5. The molecule has 15 heteroatoms. The number of ether oxygens (including phenoxy) is 1. The lowest BCUT2D eigenvalue weighted by Crippen LogP contribution is -2.53. The van der Waals surface area contributed by atoms with Crippen molar-refractivity contribution in [1.82, 2.24) is 30.2 Å². The smallest absolute Gasteiger partial charge is 0.417 e. The van der Waals surface area contributed by atoms with Crippen LogP contribution in [0.5, 0.6) is 0 Å². The van der Waals surface area contributed by atoms with Crippen molar-refractivity contribution in [3.05, 3.63) is 59.7 Å². The van der Waals surface area contributed by atoms with Gasteiger partial charge in [-0.05, 0) is 37.3 Å². The van der Waals surface area contributed by atoms with Gasteiger partial charge in [0.15, 0.2) is 5.60 Å². The van der Waals surface area contributed by atoms with E-state index in [9.17, 15) is 31.9 Å². The number of amides is 1. The zero-order valence-electron chi connectivity index (χ0n) is 21.8. The predicted octanol–water partition coefficient (Wildman–Crippen LogP) is 5.06. The number of nitrogens with zero attached hydrogens (tertiary/aromatic N) is 4. The van der Waals surface area contributed by atoms with Gasteiger partial charge in [0, 0.05) is 19.3 Å². The first-order chi connectivity index (χ1) is 18.9. The lowest BCUT2D eigenvalue weighted by atomic mass is 9.81. The molecule has 1 saturated carbocycles. The standard InChI is InChI=1S/C26H29F5N6O3.ClH/c27-25(28)8-6-17(7-9-25)21(36-23(38)40-15-16-4-2-1-3-5-16)20-14-37-22(35-20)34-19(13-33-37)18-12-24(39,10-11-32-18)26(29,30)31;/h1-5,13-14,17-18,21,32,39H,6-12,15H2,(H,36,38);1H/t18?,21-,24?;/m0./s1. The van der Waals surface area contributed by atoms with E-state index in [1.807, 2.05) is 6.07 Å². The quantitative estimate of drug-likeness (QED) is 0.337. The van der Waals surface area contributed by atoms with Gasteiger partial charge in [-0.3, -0.25) is 0 Å². The number of aromatic nitrogens is 4. The summed E-state index contributed by atoms with van der Waals surface area (Å²) in [6, 6.07) is 7.33. The number of carbonyl (C=O) groups excluding carboxylic acids is 1. The van der Waals surface area contributed by atoms with Crippen LogP contribution in [0, 0.1) is 5.92 Å². The number of imidazole rings is 1. The van der Waals surface area contributed by atoms with E-state index in [0.29, 0.717) is 5.69 Å². The van der Waals surface area contributed by atoms with E-state index in [4.69, 9.17) is 4.74 Å². The third-order valence-corrected chi connectivity index (χ3v) is 7.63. The van der Waals surface area contributed by atoms with Crippen molar-refractivity contribution in [3.63, 3.8) is 0 Å². The molecule has 1 aliphatic carbocycles. The highest BCUT2D eigenvalue weighted by Crippen LogP contribution is 2.42. The second kappa shape index (κ2) is 12.0. The Hall–Kier alpha value is -3.10. The van der Waals surface area contributed by atoms with Crippen LogP contribution >= 0.6 is 12.4 Å². The largest absolute Gasteiger partial charge is 0.445 e. The Morgan fingerprint density at radius 3 is 2.56 bits per heavy atom. The van der Waals surface area contributed by atoms with Gasteiger partial charge in [-0.25, -0.2) is 28.1 Å². The van der Waals surface area contributed by atoms with Crippen molar-refractivity contribution < 1.29 is 36.6 Å². The van der Waals surface area contributed by atoms with Gasteiger partial charge in [0.25, 0.3) is 5.78 Å². The van der Waals surface area contributed by atoms with Crippen molar-refractivity contribution >= 4 is 24.3 Å². The number of piperidine rings is 1. The topological polar surface area (TPSA) is 114 Å². The number of aliphatic hydroxyl groups is 1. The van der Waals surface area contributed by atoms with E-state index in [1.54, 1.807) is 24.3 Å². The molecular formula is C26H30ClF5N6O3. The van der Waals surface area contributed by atoms with Gasteiger partial charge in [0.2, 0.25) is 5.92 Å². The number of alkyl carbamates (subject to hydrolysis) is 1. The van der Waals surface area contributed by atoms with Gasteiger partial charge in [0.1, 0.15) is 6.61 Å². The summed E-state index contributed by atoms with van der Waals surface area (Å²) in [6.07, 6.45) is -4.27. The molecule has 224 valence electrons. The van der Waals surface area contributed by atoms with Crippen molar-refractivity contribution in [2.45, 2.75) is 74.9 Å². The van der Waals surface area contributed by atoms with Crippen LogP contribution < -0.4 is 10.6 Å². The zero-order valence-corrected chi connectivity index (χ0v) is 22.6. The lowest BCUT2D eigenvalue weighted by molar-refractivity contribution is -0.271. The van der Waals surface area contributed by atoms with E-state index in [0.717, 1.165) is 5.56 Å². The molecule has 9 nitrogen and oxygen atoms in total. The molecule has 2 fully saturated rings. The minimum atomic E-state index is -4.80. The number of nitrogens with one attached hydrogen (secondary N) is 2. The maximum Gasteiger partial charge on any atom is 0.417 e. The van der Waals surface area contributed by atoms with E-state index in [2.05, 4.69) is 25.7 Å². The summed E-state index contributed by atoms with van der Waals surface area (Å²) in [7, 11) is 0. The first-order valence-electron chi connectivity index (χ1n) is 13.0. The van der Waals surface area contributed by atoms with Gasteiger partial charge in [-0.1, -0.05) is 30.3 Å².